The molecule has 0 spiro atoms. The van der Waals surface area contributed by atoms with Gasteiger partial charge in [-0.05, 0) is 31.6 Å². The number of aryl methyl sites for hydroxylation is 1. The van der Waals surface area contributed by atoms with Crippen molar-refractivity contribution in [3.63, 3.8) is 0 Å². The van der Waals surface area contributed by atoms with Crippen LogP contribution in [0.25, 0.3) is 0 Å². The molecule has 16 heavy (non-hydrogen) atoms. The molecule has 1 aliphatic carbocycles. The highest BCUT2D eigenvalue weighted by atomic mass is 16.3. The molecule has 2 rings (SSSR count). The Morgan fingerprint density at radius 1 is 1.50 bits per heavy atom. The van der Waals surface area contributed by atoms with E-state index in [1.165, 1.54) is 12.8 Å². The van der Waals surface area contributed by atoms with Crippen molar-refractivity contribution >= 4 is 0 Å². The lowest BCUT2D eigenvalue weighted by molar-refractivity contribution is -0.0250. The standard InChI is InChI=1S/C13H22N2O/c1-3-4-11-5-7-13(16,8-6-11)12-14-9-10-15(12)2/h9-11,16H,3-8H2,1-2H3. The molecule has 0 amide bonds. The zero-order valence-corrected chi connectivity index (χ0v) is 10.3. The van der Waals surface area contributed by atoms with Gasteiger partial charge in [0.05, 0.1) is 0 Å². The van der Waals surface area contributed by atoms with Gasteiger partial charge in [0.1, 0.15) is 11.4 Å². The van der Waals surface area contributed by atoms with Crippen LogP contribution in [0.2, 0.25) is 0 Å². The van der Waals surface area contributed by atoms with Gasteiger partial charge in [0.25, 0.3) is 0 Å². The minimum absolute atomic E-state index is 0.678. The molecule has 90 valence electrons. The molecule has 0 saturated heterocycles. The van der Waals surface area contributed by atoms with E-state index in [-0.39, 0.29) is 0 Å². The number of hydrogen-bond acceptors (Lipinski definition) is 2. The van der Waals surface area contributed by atoms with E-state index in [0.717, 1.165) is 37.4 Å². The highest BCUT2D eigenvalue weighted by molar-refractivity contribution is 5.06. The fraction of sp³-hybridized carbons (Fsp3) is 0.769. The molecule has 0 atom stereocenters. The summed E-state index contributed by atoms with van der Waals surface area (Å²) in [6, 6.07) is 0. The van der Waals surface area contributed by atoms with Crippen LogP contribution in [0, 0.1) is 5.92 Å². The Bertz CT molecular complexity index is 337. The molecular formula is C13H22N2O. The van der Waals surface area contributed by atoms with Gasteiger partial charge >= 0.3 is 0 Å². The fourth-order valence-corrected chi connectivity index (χ4v) is 2.89. The number of nitrogens with zero attached hydrogens (tertiary/aromatic N) is 2. The molecule has 0 bridgehead atoms. The maximum atomic E-state index is 10.6. The maximum Gasteiger partial charge on any atom is 0.140 e. The molecule has 3 heteroatoms. The van der Waals surface area contributed by atoms with Gasteiger partial charge in [-0.1, -0.05) is 19.8 Å². The summed E-state index contributed by atoms with van der Waals surface area (Å²) in [6.45, 7) is 2.24. The first-order chi connectivity index (χ1) is 7.65. The smallest absolute Gasteiger partial charge is 0.140 e. The topological polar surface area (TPSA) is 38.1 Å². The molecular weight excluding hydrogens is 200 g/mol. The third-order valence-corrected chi connectivity index (χ3v) is 3.87. The molecule has 1 fully saturated rings. The van der Waals surface area contributed by atoms with Crippen molar-refractivity contribution in [2.75, 3.05) is 0 Å². The SMILES string of the molecule is CCCC1CCC(O)(c2nccn2C)CC1. The summed E-state index contributed by atoms with van der Waals surface area (Å²) in [5, 5.41) is 10.6. The number of hydrogen-bond donors (Lipinski definition) is 1. The first kappa shape index (κ1) is 11.6. The molecule has 1 N–H and O–H groups in total. The van der Waals surface area contributed by atoms with Gasteiger partial charge in [-0.25, -0.2) is 4.98 Å². The Balaban J connectivity index is 2.04. The summed E-state index contributed by atoms with van der Waals surface area (Å²) in [7, 11) is 1.96. The van der Waals surface area contributed by atoms with E-state index in [1.807, 2.05) is 17.8 Å². The molecule has 1 aliphatic rings. The lowest BCUT2D eigenvalue weighted by Crippen LogP contribution is -2.34. The van der Waals surface area contributed by atoms with Gasteiger partial charge in [-0.2, -0.15) is 0 Å². The summed E-state index contributed by atoms with van der Waals surface area (Å²) < 4.78 is 1.94. The molecule has 0 aromatic carbocycles. The summed E-state index contributed by atoms with van der Waals surface area (Å²) >= 11 is 0. The second-order valence-corrected chi connectivity index (χ2v) is 5.13. The Morgan fingerprint density at radius 3 is 2.69 bits per heavy atom. The van der Waals surface area contributed by atoms with E-state index < -0.39 is 5.60 Å². The number of imidazole rings is 1. The van der Waals surface area contributed by atoms with Crippen LogP contribution < -0.4 is 0 Å². The van der Waals surface area contributed by atoms with Crippen molar-refractivity contribution in [1.29, 1.82) is 0 Å². The van der Waals surface area contributed by atoms with Crippen LogP contribution in [0.4, 0.5) is 0 Å². The van der Waals surface area contributed by atoms with Gasteiger partial charge in [0.15, 0.2) is 0 Å². The third-order valence-electron chi connectivity index (χ3n) is 3.87. The molecule has 1 saturated carbocycles. The minimum atomic E-state index is -0.678. The van der Waals surface area contributed by atoms with Gasteiger partial charge < -0.3 is 9.67 Å². The van der Waals surface area contributed by atoms with Gasteiger partial charge in [-0.15, -0.1) is 0 Å². The average molecular weight is 222 g/mol. The highest BCUT2D eigenvalue weighted by Crippen LogP contribution is 2.39. The number of aliphatic hydroxyl groups is 1. The maximum absolute atomic E-state index is 10.6. The Kier molecular flexibility index (Phi) is 3.33. The van der Waals surface area contributed by atoms with Crippen molar-refractivity contribution in [2.45, 2.75) is 51.0 Å². The van der Waals surface area contributed by atoms with Crippen molar-refractivity contribution in [3.05, 3.63) is 18.2 Å². The Hall–Kier alpha value is -0.830. The van der Waals surface area contributed by atoms with Crippen LogP contribution in [-0.2, 0) is 12.6 Å². The highest BCUT2D eigenvalue weighted by Gasteiger charge is 2.37. The first-order valence-electron chi connectivity index (χ1n) is 6.36. The summed E-state index contributed by atoms with van der Waals surface area (Å²) in [5.41, 5.74) is -0.678. The largest absolute Gasteiger partial charge is 0.382 e. The quantitative estimate of drug-likeness (QED) is 0.853. The second kappa shape index (κ2) is 4.58. The van der Waals surface area contributed by atoms with Gasteiger partial charge in [0, 0.05) is 19.4 Å². The predicted octanol–water partition coefficient (Wildman–Crippen LogP) is 2.60. The molecule has 0 radical (unpaired) electrons. The molecule has 1 heterocycles. The van der Waals surface area contributed by atoms with Crippen molar-refractivity contribution in [1.82, 2.24) is 9.55 Å². The van der Waals surface area contributed by atoms with Crippen LogP contribution in [-0.4, -0.2) is 14.7 Å². The molecule has 0 unspecified atom stereocenters. The zero-order valence-electron chi connectivity index (χ0n) is 10.3. The van der Waals surface area contributed by atoms with Gasteiger partial charge in [0.2, 0.25) is 0 Å². The van der Waals surface area contributed by atoms with Crippen molar-refractivity contribution < 1.29 is 5.11 Å². The van der Waals surface area contributed by atoms with Crippen LogP contribution in [0.1, 0.15) is 51.3 Å². The summed E-state index contributed by atoms with van der Waals surface area (Å²) in [4.78, 5) is 4.30. The normalized spacial score (nSPS) is 30.6. The van der Waals surface area contributed by atoms with E-state index in [1.54, 1.807) is 6.20 Å². The van der Waals surface area contributed by atoms with E-state index in [2.05, 4.69) is 11.9 Å². The van der Waals surface area contributed by atoms with Crippen molar-refractivity contribution in [2.24, 2.45) is 13.0 Å². The third kappa shape index (κ3) is 2.14. The lowest BCUT2D eigenvalue weighted by atomic mass is 9.77. The monoisotopic (exact) mass is 222 g/mol. The second-order valence-electron chi connectivity index (χ2n) is 5.13. The molecule has 1 aromatic rings. The van der Waals surface area contributed by atoms with E-state index in [4.69, 9.17) is 0 Å². The van der Waals surface area contributed by atoms with E-state index >= 15 is 0 Å². The fourth-order valence-electron chi connectivity index (χ4n) is 2.89. The summed E-state index contributed by atoms with van der Waals surface area (Å²) in [6.07, 6.45) is 10.2. The predicted molar refractivity (Wildman–Crippen MR) is 64.0 cm³/mol. The van der Waals surface area contributed by atoms with Gasteiger partial charge in [-0.3, -0.25) is 0 Å². The Morgan fingerprint density at radius 2 is 2.19 bits per heavy atom. The van der Waals surface area contributed by atoms with Crippen LogP contribution in [0.15, 0.2) is 12.4 Å². The molecule has 1 aromatic heterocycles. The van der Waals surface area contributed by atoms with Crippen LogP contribution in [0.3, 0.4) is 0 Å². The molecule has 0 aliphatic heterocycles. The number of rotatable bonds is 3. The van der Waals surface area contributed by atoms with Crippen LogP contribution >= 0.6 is 0 Å². The Labute approximate surface area is 97.5 Å². The zero-order chi connectivity index (χ0) is 11.6. The van der Waals surface area contributed by atoms with E-state index in [9.17, 15) is 5.11 Å². The van der Waals surface area contributed by atoms with E-state index in [0.29, 0.717) is 0 Å². The van der Waals surface area contributed by atoms with Crippen molar-refractivity contribution in [3.8, 4) is 0 Å². The lowest BCUT2D eigenvalue weighted by Gasteiger charge is -2.35. The minimum Gasteiger partial charge on any atom is -0.382 e. The number of aromatic nitrogens is 2. The van der Waals surface area contributed by atoms with Crippen LogP contribution in [0.5, 0.6) is 0 Å². The first-order valence-corrected chi connectivity index (χ1v) is 6.36. The molecule has 3 nitrogen and oxygen atoms in total. The summed E-state index contributed by atoms with van der Waals surface area (Å²) in [5.74, 6) is 1.65. The average Bonchev–Trinajstić information content (AvgIpc) is 2.69.